The van der Waals surface area contributed by atoms with E-state index in [0.717, 1.165) is 27.0 Å². The molecule has 2 aromatic rings. The van der Waals surface area contributed by atoms with E-state index in [2.05, 4.69) is 15.9 Å². The largest absolute Gasteiger partial charge is 0.489 e. The van der Waals surface area contributed by atoms with Crippen LogP contribution in [0.25, 0.3) is 0 Å². The monoisotopic (exact) mass is 591 g/mol. The third kappa shape index (κ3) is 5.46. The van der Waals surface area contributed by atoms with E-state index >= 15 is 0 Å². The molecule has 2 aromatic carbocycles. The highest BCUT2D eigenvalue weighted by atomic mass is 79.9. The van der Waals surface area contributed by atoms with Crippen LogP contribution in [0.5, 0.6) is 5.75 Å². The predicted octanol–water partition coefficient (Wildman–Crippen LogP) is 6.80. The van der Waals surface area contributed by atoms with E-state index in [1.807, 2.05) is 76.2 Å². The SMILES string of the molecule is CC1(C)CC(=O)C2=C(C1)N(CC(=O)O)C1=C(C(=O)CC(C)(C)C1)C2c1ccccc1OCc1ccc(Br)cc1. The maximum Gasteiger partial charge on any atom is 0.323 e. The number of halogens is 1. The van der Waals surface area contributed by atoms with Crippen molar-refractivity contribution in [3.8, 4) is 5.75 Å². The van der Waals surface area contributed by atoms with E-state index in [1.165, 1.54) is 0 Å². The summed E-state index contributed by atoms with van der Waals surface area (Å²) in [5.41, 5.74) is 3.68. The van der Waals surface area contributed by atoms with Gasteiger partial charge in [-0.3, -0.25) is 14.4 Å². The zero-order valence-electron chi connectivity index (χ0n) is 22.8. The van der Waals surface area contributed by atoms with Gasteiger partial charge in [0.1, 0.15) is 18.9 Å². The molecule has 39 heavy (non-hydrogen) atoms. The van der Waals surface area contributed by atoms with Gasteiger partial charge in [-0.15, -0.1) is 0 Å². The standard InChI is InChI=1S/C32H34BrNO5/c1-31(2)13-22-29(24(35)15-31)28(30-23(34(22)17-27(37)38)14-32(3,4)16-25(30)36)21-7-5-6-8-26(21)39-18-19-9-11-20(33)12-10-19/h5-12,28H,13-18H2,1-4H3,(H,37,38). The molecule has 204 valence electrons. The number of para-hydroxylation sites is 1. The van der Waals surface area contributed by atoms with E-state index in [9.17, 15) is 19.5 Å². The summed E-state index contributed by atoms with van der Waals surface area (Å²) in [7, 11) is 0. The minimum absolute atomic E-state index is 0.0338. The third-order valence-electron chi connectivity index (χ3n) is 7.85. The summed E-state index contributed by atoms with van der Waals surface area (Å²) in [6, 6.07) is 15.5. The molecule has 1 N–H and O–H groups in total. The number of hydrogen-bond acceptors (Lipinski definition) is 5. The minimum atomic E-state index is -0.989. The van der Waals surface area contributed by atoms with E-state index in [0.29, 0.717) is 49.2 Å². The van der Waals surface area contributed by atoms with Crippen molar-refractivity contribution in [2.75, 3.05) is 6.54 Å². The number of ketones is 2. The number of rotatable bonds is 6. The Hall–Kier alpha value is -3.19. The lowest BCUT2D eigenvalue weighted by Crippen LogP contribution is -2.45. The number of Topliss-reactive ketones (excluding diaryl/α,β-unsaturated/α-hetero) is 2. The molecule has 0 amide bonds. The second-order valence-corrected chi connectivity index (χ2v) is 13.4. The van der Waals surface area contributed by atoms with Crippen molar-refractivity contribution in [1.82, 2.24) is 4.90 Å². The fourth-order valence-electron chi connectivity index (χ4n) is 6.28. The van der Waals surface area contributed by atoms with Crippen molar-refractivity contribution in [3.05, 3.63) is 86.7 Å². The van der Waals surface area contributed by atoms with Gasteiger partial charge in [0.15, 0.2) is 11.6 Å². The summed E-state index contributed by atoms with van der Waals surface area (Å²) >= 11 is 3.46. The number of carboxylic acid groups (broad SMARTS) is 1. The Bertz CT molecular complexity index is 1360. The lowest BCUT2D eigenvalue weighted by Gasteiger charge is -2.48. The van der Waals surface area contributed by atoms with Gasteiger partial charge in [-0.25, -0.2) is 0 Å². The van der Waals surface area contributed by atoms with Crippen LogP contribution in [0.1, 0.15) is 70.4 Å². The lowest BCUT2D eigenvalue weighted by molar-refractivity contribution is -0.138. The number of carbonyl (C=O) groups excluding carboxylic acids is 2. The van der Waals surface area contributed by atoms with Crippen molar-refractivity contribution >= 4 is 33.5 Å². The first-order chi connectivity index (χ1) is 18.3. The molecule has 0 saturated heterocycles. The van der Waals surface area contributed by atoms with E-state index < -0.39 is 11.9 Å². The first-order valence-electron chi connectivity index (χ1n) is 13.3. The van der Waals surface area contributed by atoms with Crippen LogP contribution in [0, 0.1) is 10.8 Å². The quantitative estimate of drug-likeness (QED) is 0.398. The van der Waals surface area contributed by atoms with Gasteiger partial charge in [0, 0.05) is 51.3 Å². The zero-order valence-corrected chi connectivity index (χ0v) is 24.4. The number of benzene rings is 2. The summed E-state index contributed by atoms with van der Waals surface area (Å²) < 4.78 is 7.31. The average molecular weight is 593 g/mol. The van der Waals surface area contributed by atoms with Gasteiger partial charge in [0.2, 0.25) is 0 Å². The molecule has 2 aliphatic carbocycles. The van der Waals surface area contributed by atoms with Gasteiger partial charge < -0.3 is 14.7 Å². The summed E-state index contributed by atoms with van der Waals surface area (Å²) in [4.78, 5) is 41.6. The fourth-order valence-corrected chi connectivity index (χ4v) is 6.54. The van der Waals surface area contributed by atoms with Crippen molar-refractivity contribution in [1.29, 1.82) is 0 Å². The van der Waals surface area contributed by atoms with Gasteiger partial charge in [0.05, 0.1) is 0 Å². The molecular formula is C32H34BrNO5. The second kappa shape index (κ2) is 10.1. The Morgan fingerprint density at radius 2 is 1.44 bits per heavy atom. The van der Waals surface area contributed by atoms with E-state index in [1.54, 1.807) is 4.90 Å². The molecule has 7 heteroatoms. The van der Waals surface area contributed by atoms with Gasteiger partial charge in [-0.2, -0.15) is 0 Å². The van der Waals surface area contributed by atoms with Crippen molar-refractivity contribution in [2.45, 2.75) is 65.9 Å². The molecule has 1 heterocycles. The lowest BCUT2D eigenvalue weighted by atomic mass is 9.63. The molecule has 0 bridgehead atoms. The zero-order chi connectivity index (χ0) is 28.1. The topological polar surface area (TPSA) is 83.9 Å². The van der Waals surface area contributed by atoms with Crippen LogP contribution in [-0.4, -0.2) is 34.1 Å². The Balaban J connectivity index is 1.68. The summed E-state index contributed by atoms with van der Waals surface area (Å²) in [5.74, 6) is -1.03. The first kappa shape index (κ1) is 27.4. The first-order valence-corrected chi connectivity index (χ1v) is 14.1. The van der Waals surface area contributed by atoms with Crippen LogP contribution in [0.2, 0.25) is 0 Å². The number of aliphatic carboxylic acids is 1. The summed E-state index contributed by atoms with van der Waals surface area (Å²) in [5, 5.41) is 9.88. The highest BCUT2D eigenvalue weighted by Gasteiger charge is 2.49. The highest BCUT2D eigenvalue weighted by Crippen LogP contribution is 2.55. The molecule has 0 saturated carbocycles. The molecule has 0 spiro atoms. The molecule has 6 nitrogen and oxygen atoms in total. The molecule has 1 aliphatic heterocycles. The third-order valence-corrected chi connectivity index (χ3v) is 8.38. The maximum atomic E-state index is 13.9. The summed E-state index contributed by atoms with van der Waals surface area (Å²) in [6.45, 7) is 8.21. The van der Waals surface area contributed by atoms with Crippen LogP contribution in [-0.2, 0) is 21.0 Å². The van der Waals surface area contributed by atoms with Crippen LogP contribution in [0.3, 0.4) is 0 Å². The van der Waals surface area contributed by atoms with Gasteiger partial charge >= 0.3 is 5.97 Å². The Kier molecular flexibility index (Phi) is 7.08. The molecular weight excluding hydrogens is 558 g/mol. The molecule has 0 aromatic heterocycles. The van der Waals surface area contributed by atoms with E-state index in [-0.39, 0.29) is 28.9 Å². The van der Waals surface area contributed by atoms with Crippen LogP contribution in [0.4, 0.5) is 0 Å². The Labute approximate surface area is 237 Å². The van der Waals surface area contributed by atoms with Gasteiger partial charge in [-0.05, 0) is 47.4 Å². The number of allylic oxidation sites excluding steroid dienone is 4. The molecule has 0 unspecified atom stereocenters. The molecule has 0 radical (unpaired) electrons. The number of ether oxygens (including phenoxy) is 1. The smallest absolute Gasteiger partial charge is 0.323 e. The minimum Gasteiger partial charge on any atom is -0.489 e. The number of hydrogen-bond donors (Lipinski definition) is 1. The summed E-state index contributed by atoms with van der Waals surface area (Å²) in [6.07, 6.45) is 1.80. The number of nitrogens with zero attached hydrogens (tertiary/aromatic N) is 1. The average Bonchev–Trinajstić information content (AvgIpc) is 2.83. The predicted molar refractivity (Wildman–Crippen MR) is 152 cm³/mol. The van der Waals surface area contributed by atoms with E-state index in [4.69, 9.17) is 4.74 Å². The molecule has 3 aliphatic rings. The molecule has 5 rings (SSSR count). The van der Waals surface area contributed by atoms with Gasteiger partial charge in [0.25, 0.3) is 0 Å². The van der Waals surface area contributed by atoms with Crippen LogP contribution in [0.15, 0.2) is 75.5 Å². The fraction of sp³-hybridized carbons (Fsp3) is 0.406. The normalized spacial score (nSPS) is 20.6. The molecule has 0 fully saturated rings. The van der Waals surface area contributed by atoms with Crippen molar-refractivity contribution in [3.63, 3.8) is 0 Å². The number of carbonyl (C=O) groups is 3. The molecule has 0 atom stereocenters. The van der Waals surface area contributed by atoms with Crippen LogP contribution < -0.4 is 4.74 Å². The second-order valence-electron chi connectivity index (χ2n) is 12.5. The van der Waals surface area contributed by atoms with Gasteiger partial charge in [-0.1, -0.05) is 74.0 Å². The highest BCUT2D eigenvalue weighted by molar-refractivity contribution is 9.10. The van der Waals surface area contributed by atoms with Crippen molar-refractivity contribution in [2.24, 2.45) is 10.8 Å². The Morgan fingerprint density at radius 1 is 0.897 bits per heavy atom. The van der Waals surface area contributed by atoms with Crippen LogP contribution >= 0.6 is 15.9 Å². The Morgan fingerprint density at radius 3 is 1.97 bits per heavy atom. The number of carboxylic acids is 1. The maximum absolute atomic E-state index is 13.9. The van der Waals surface area contributed by atoms with Crippen molar-refractivity contribution < 1.29 is 24.2 Å².